The van der Waals surface area contributed by atoms with Crippen LogP contribution in [0.25, 0.3) is 0 Å². The summed E-state index contributed by atoms with van der Waals surface area (Å²) in [5, 5.41) is 38.9. The summed E-state index contributed by atoms with van der Waals surface area (Å²) in [7, 11) is 4.47. The first-order valence-electron chi connectivity index (χ1n) is 8.57. The van der Waals surface area contributed by atoms with E-state index < -0.39 is 7.32 Å². The van der Waals surface area contributed by atoms with Gasteiger partial charge in [0, 0.05) is 11.1 Å². The van der Waals surface area contributed by atoms with E-state index in [0.29, 0.717) is 11.1 Å². The Labute approximate surface area is 160 Å². The molecule has 0 saturated heterocycles. The molecule has 0 fully saturated rings. The van der Waals surface area contributed by atoms with Gasteiger partial charge in [0.1, 0.15) is 18.0 Å². The molecule has 0 aromatic heterocycles. The van der Waals surface area contributed by atoms with Crippen LogP contribution in [0.3, 0.4) is 0 Å². The van der Waals surface area contributed by atoms with E-state index in [1.54, 1.807) is 36.4 Å². The van der Waals surface area contributed by atoms with Crippen LogP contribution in [0.4, 0.5) is 0 Å². The predicted molar refractivity (Wildman–Crippen MR) is 102 cm³/mol. The van der Waals surface area contributed by atoms with Crippen LogP contribution in [0.1, 0.15) is 11.1 Å². The summed E-state index contributed by atoms with van der Waals surface area (Å²) in [6.07, 6.45) is 0. The van der Waals surface area contributed by atoms with Crippen LogP contribution in [0, 0.1) is 0 Å². The third kappa shape index (κ3) is 9.98. The average Bonchev–Trinajstić information content (AvgIpc) is 2.60. The molecule has 148 valence electrons. The number of hydrogen-bond donors (Lipinski definition) is 3. The Morgan fingerprint density at radius 3 is 1.56 bits per heavy atom. The minimum Gasteiger partial charge on any atom is -0.832 e. The third-order valence-corrected chi connectivity index (χ3v) is 3.50. The van der Waals surface area contributed by atoms with Gasteiger partial charge in [-0.15, -0.1) is 0 Å². The van der Waals surface area contributed by atoms with Gasteiger partial charge in [0.2, 0.25) is 0 Å². The Bertz CT molecular complexity index is 628. The topological polar surface area (TPSA) is 102 Å². The van der Waals surface area contributed by atoms with Crippen molar-refractivity contribution in [2.45, 2.75) is 13.2 Å². The van der Waals surface area contributed by atoms with Crippen molar-refractivity contribution in [2.75, 3.05) is 34.3 Å². The number of quaternary nitrogens is 1. The summed E-state index contributed by atoms with van der Waals surface area (Å²) < 4.78 is 10.7. The molecule has 0 aliphatic heterocycles. The molecular weight excluding hydrogens is 349 g/mol. The number of benzene rings is 2. The first-order chi connectivity index (χ1) is 12.7. The maximum absolute atomic E-state index is 11.5. The molecule has 7 nitrogen and oxygen atoms in total. The first-order valence-corrected chi connectivity index (χ1v) is 8.57. The number of rotatable bonds is 8. The van der Waals surface area contributed by atoms with E-state index >= 15 is 0 Å². The van der Waals surface area contributed by atoms with Crippen molar-refractivity contribution in [3.63, 3.8) is 0 Å². The number of phenols is 2. The summed E-state index contributed by atoms with van der Waals surface area (Å²) >= 11 is 0. The second-order valence-corrected chi connectivity index (χ2v) is 6.91. The lowest BCUT2D eigenvalue weighted by atomic mass is 10.1. The highest BCUT2D eigenvalue weighted by atomic mass is 16.7. The zero-order chi connectivity index (χ0) is 20.3. The zero-order valence-corrected chi connectivity index (χ0v) is 16.0. The summed E-state index contributed by atoms with van der Waals surface area (Å²) in [4.78, 5) is 0. The number of para-hydroxylation sites is 2. The molecule has 0 bridgehead atoms. The van der Waals surface area contributed by atoms with Crippen LogP contribution < -0.4 is 5.02 Å². The van der Waals surface area contributed by atoms with Crippen LogP contribution in [0.2, 0.25) is 0 Å². The highest BCUT2D eigenvalue weighted by Gasteiger charge is 2.06. The van der Waals surface area contributed by atoms with Crippen LogP contribution in [0.5, 0.6) is 11.5 Å². The quantitative estimate of drug-likeness (QED) is 0.466. The molecule has 2 rings (SSSR count). The lowest BCUT2D eigenvalue weighted by molar-refractivity contribution is -0.870. The van der Waals surface area contributed by atoms with Crippen LogP contribution >= 0.6 is 0 Å². The van der Waals surface area contributed by atoms with E-state index in [0.717, 1.165) is 11.0 Å². The van der Waals surface area contributed by atoms with Gasteiger partial charge in [-0.2, -0.15) is 0 Å². The molecular formula is C19H28BNO6. The molecule has 0 radical (unpaired) electrons. The summed E-state index contributed by atoms with van der Waals surface area (Å²) in [6, 6.07) is 13.2. The molecule has 3 N–H and O–H groups in total. The standard InChI is InChI=1S/C14H14BO5.C5H14NO/c16-13-7-3-1-5-11(13)9-19-15(18)20-10-12-6-2-4-8-14(12)17;1-6(2,3)4-5-7/h1-8,16-17H,9-10H2;7H,4-5H2,1-3H3/q-1;+1. The van der Waals surface area contributed by atoms with Crippen molar-refractivity contribution in [3.05, 3.63) is 59.7 Å². The Hall–Kier alpha value is -2.10. The molecule has 27 heavy (non-hydrogen) atoms. The molecule has 0 atom stereocenters. The SMILES string of the molecule is C[N+](C)(C)CCO.[O-]B(OCc1ccccc1O)OCc1ccccc1O. The van der Waals surface area contributed by atoms with Gasteiger partial charge in [-0.3, -0.25) is 0 Å². The number of likely N-dealkylation sites (N-methyl/N-ethyl adjacent to an activating group) is 1. The number of aliphatic hydroxyl groups is 1. The van der Waals surface area contributed by atoms with E-state index in [2.05, 4.69) is 21.1 Å². The second kappa shape index (κ2) is 11.6. The van der Waals surface area contributed by atoms with Crippen molar-refractivity contribution in [2.24, 2.45) is 0 Å². The lowest BCUT2D eigenvalue weighted by Gasteiger charge is -2.21. The maximum atomic E-state index is 11.5. The minimum absolute atomic E-state index is 0.0401. The summed E-state index contributed by atoms with van der Waals surface area (Å²) in [5.74, 6) is 0.140. The minimum atomic E-state index is -1.69. The summed E-state index contributed by atoms with van der Waals surface area (Å²) in [6.45, 7) is 1.03. The number of nitrogens with zero attached hydrogens (tertiary/aromatic N) is 1. The van der Waals surface area contributed by atoms with Crippen molar-refractivity contribution >= 4 is 7.32 Å². The van der Waals surface area contributed by atoms with Gasteiger partial charge in [-0.25, -0.2) is 0 Å². The molecule has 0 aliphatic carbocycles. The Balaban J connectivity index is 0.000000445. The largest absolute Gasteiger partial charge is 0.832 e. The van der Waals surface area contributed by atoms with Gasteiger partial charge in [0.25, 0.3) is 0 Å². The van der Waals surface area contributed by atoms with Crippen LogP contribution in [-0.4, -0.2) is 61.4 Å². The van der Waals surface area contributed by atoms with Crippen LogP contribution in [0.15, 0.2) is 48.5 Å². The van der Waals surface area contributed by atoms with E-state index in [1.165, 1.54) is 12.1 Å². The maximum Gasteiger partial charge on any atom is 0.345 e. The van der Waals surface area contributed by atoms with Crippen LogP contribution in [-0.2, 0) is 22.5 Å². The van der Waals surface area contributed by atoms with E-state index in [1.807, 2.05) is 0 Å². The monoisotopic (exact) mass is 377 g/mol. The Morgan fingerprint density at radius 2 is 1.26 bits per heavy atom. The molecule has 2 aromatic carbocycles. The number of aromatic hydroxyl groups is 2. The number of aliphatic hydroxyl groups excluding tert-OH is 1. The van der Waals surface area contributed by atoms with E-state index in [4.69, 9.17) is 14.4 Å². The third-order valence-electron chi connectivity index (χ3n) is 3.50. The van der Waals surface area contributed by atoms with Gasteiger partial charge >= 0.3 is 7.32 Å². The smallest absolute Gasteiger partial charge is 0.345 e. The van der Waals surface area contributed by atoms with Gasteiger partial charge < -0.3 is 34.1 Å². The molecule has 0 saturated carbocycles. The average molecular weight is 377 g/mol. The van der Waals surface area contributed by atoms with Gasteiger partial charge in [-0.05, 0) is 12.1 Å². The fraction of sp³-hybridized carbons (Fsp3) is 0.368. The normalized spacial score (nSPS) is 10.9. The Morgan fingerprint density at radius 1 is 0.852 bits per heavy atom. The van der Waals surface area contributed by atoms with E-state index in [-0.39, 0.29) is 31.3 Å². The molecule has 2 aromatic rings. The number of phenolic OH excluding ortho intramolecular Hbond substituents is 2. The molecule has 0 heterocycles. The van der Waals surface area contributed by atoms with Crippen molar-refractivity contribution in [3.8, 4) is 11.5 Å². The van der Waals surface area contributed by atoms with Gasteiger partial charge in [-0.1, -0.05) is 36.4 Å². The highest BCUT2D eigenvalue weighted by Crippen LogP contribution is 2.18. The van der Waals surface area contributed by atoms with Crippen molar-refractivity contribution in [1.82, 2.24) is 0 Å². The predicted octanol–water partition coefficient (Wildman–Crippen LogP) is 0.861. The van der Waals surface area contributed by atoms with Crippen molar-refractivity contribution in [1.29, 1.82) is 0 Å². The Kier molecular flexibility index (Phi) is 9.84. The van der Waals surface area contributed by atoms with Crippen molar-refractivity contribution < 1.29 is 34.1 Å². The number of hydrogen-bond acceptors (Lipinski definition) is 6. The zero-order valence-electron chi connectivity index (χ0n) is 16.0. The molecule has 0 amide bonds. The van der Waals surface area contributed by atoms with E-state index in [9.17, 15) is 15.2 Å². The van der Waals surface area contributed by atoms with Gasteiger partial charge in [0.15, 0.2) is 0 Å². The fourth-order valence-corrected chi connectivity index (χ4v) is 1.93. The lowest BCUT2D eigenvalue weighted by Crippen LogP contribution is -2.37. The van der Waals surface area contributed by atoms with Gasteiger partial charge in [0.05, 0.1) is 41.0 Å². The first kappa shape index (κ1) is 22.9. The molecule has 0 aliphatic rings. The second-order valence-electron chi connectivity index (χ2n) is 6.91. The fourth-order valence-electron chi connectivity index (χ4n) is 1.93. The molecule has 8 heteroatoms. The highest BCUT2D eigenvalue weighted by molar-refractivity contribution is 6.32. The summed E-state index contributed by atoms with van der Waals surface area (Å²) in [5.41, 5.74) is 1.03. The molecule has 0 unspecified atom stereocenters. The molecule has 0 spiro atoms.